The molecule has 2 atom stereocenters. The number of aromatic amines is 1. The highest BCUT2D eigenvalue weighted by Crippen LogP contribution is 2.24. The van der Waals surface area contributed by atoms with Gasteiger partial charge in [0, 0.05) is 24.0 Å². The van der Waals surface area contributed by atoms with E-state index in [2.05, 4.69) is 30.5 Å². The van der Waals surface area contributed by atoms with Gasteiger partial charge in [0.25, 0.3) is 5.91 Å². The number of aliphatic carboxylic acids is 1. The van der Waals surface area contributed by atoms with Crippen LogP contribution in [0.2, 0.25) is 0 Å². The average Bonchev–Trinajstić information content (AvgIpc) is 3.49. The molecule has 3 aromatic rings. The zero-order chi connectivity index (χ0) is 28.2. The molecule has 2 unspecified atom stereocenters. The van der Waals surface area contributed by atoms with Gasteiger partial charge < -0.3 is 25.6 Å². The number of imidazole rings is 1. The second-order valence-electron chi connectivity index (χ2n) is 9.65. The number of hydrogen-bond acceptors (Lipinski definition) is 8. The molecule has 0 bridgehead atoms. The summed E-state index contributed by atoms with van der Waals surface area (Å²) in [6.07, 6.45) is 2.14. The Morgan fingerprint density at radius 2 is 1.90 bits per heavy atom. The third-order valence-corrected chi connectivity index (χ3v) is 8.15. The number of H-pyrrole nitrogens is 1. The van der Waals surface area contributed by atoms with E-state index < -0.39 is 27.6 Å². The molecule has 0 spiro atoms. The van der Waals surface area contributed by atoms with Gasteiger partial charge in [-0.05, 0) is 51.5 Å². The van der Waals surface area contributed by atoms with Crippen LogP contribution in [0.5, 0.6) is 0 Å². The third-order valence-electron chi connectivity index (χ3n) is 6.54. The number of nitrogens with zero attached hydrogens (tertiary/aromatic N) is 2. The molecule has 0 saturated carbocycles. The van der Waals surface area contributed by atoms with E-state index in [1.165, 1.54) is 6.07 Å². The topological polar surface area (TPSA) is 175 Å². The van der Waals surface area contributed by atoms with Crippen LogP contribution in [0, 0.1) is 13.8 Å². The van der Waals surface area contributed by atoms with Crippen LogP contribution >= 0.6 is 0 Å². The van der Waals surface area contributed by atoms with Gasteiger partial charge in [-0.1, -0.05) is 41.6 Å². The number of carboxylic acids is 1. The Morgan fingerprint density at radius 3 is 2.62 bits per heavy atom. The summed E-state index contributed by atoms with van der Waals surface area (Å²) in [7, 11) is -4.34. The normalized spacial score (nSPS) is 16.8. The number of oxime groups is 1. The molecule has 208 valence electrons. The summed E-state index contributed by atoms with van der Waals surface area (Å²) in [6.45, 7) is 5.67. The van der Waals surface area contributed by atoms with E-state index in [0.717, 1.165) is 37.1 Å². The largest absolute Gasteiger partial charge is 0.478 e. The van der Waals surface area contributed by atoms with E-state index >= 15 is 0 Å². The van der Waals surface area contributed by atoms with Gasteiger partial charge in [-0.25, -0.2) is 18.2 Å². The SMILES string of the molecule is Cc1nc(NCCCCC2CC(C(=O)NC(C)(NS(=O)(=O)c3cccc4ccccc34)C(=O)O)=NO2)[nH]c1C. The fourth-order valence-corrected chi connectivity index (χ4v) is 5.75. The zero-order valence-corrected chi connectivity index (χ0v) is 22.8. The third kappa shape index (κ3) is 6.55. The van der Waals surface area contributed by atoms with Crippen LogP contribution in [-0.4, -0.2) is 59.4 Å². The first-order valence-electron chi connectivity index (χ1n) is 12.6. The molecule has 1 aliphatic heterocycles. The molecule has 1 amide bonds. The highest BCUT2D eigenvalue weighted by Gasteiger charge is 2.41. The summed E-state index contributed by atoms with van der Waals surface area (Å²) in [6, 6.07) is 11.5. The van der Waals surface area contributed by atoms with E-state index in [1.54, 1.807) is 36.4 Å². The molecule has 2 heterocycles. The Kier molecular flexibility index (Phi) is 8.21. The Labute approximate surface area is 226 Å². The summed E-state index contributed by atoms with van der Waals surface area (Å²) >= 11 is 0. The number of anilines is 1. The fourth-order valence-electron chi connectivity index (χ4n) is 4.23. The number of carbonyl (C=O) groups excluding carboxylic acids is 1. The number of carboxylic acid groups (broad SMARTS) is 1. The van der Waals surface area contributed by atoms with E-state index in [4.69, 9.17) is 4.84 Å². The predicted octanol–water partition coefficient (Wildman–Crippen LogP) is 2.80. The van der Waals surface area contributed by atoms with Crippen molar-refractivity contribution in [3.8, 4) is 0 Å². The number of sulfonamides is 1. The molecular formula is C26H32N6O6S. The number of carbonyl (C=O) groups is 2. The van der Waals surface area contributed by atoms with Gasteiger partial charge in [0.15, 0.2) is 0 Å². The van der Waals surface area contributed by atoms with Crippen molar-refractivity contribution in [2.75, 3.05) is 11.9 Å². The smallest absolute Gasteiger partial charge is 0.345 e. The number of fused-ring (bicyclic) bond motifs is 1. The minimum Gasteiger partial charge on any atom is -0.478 e. The molecule has 13 heteroatoms. The van der Waals surface area contributed by atoms with Crippen molar-refractivity contribution >= 4 is 44.3 Å². The van der Waals surface area contributed by atoms with Gasteiger partial charge in [-0.2, -0.15) is 4.72 Å². The lowest BCUT2D eigenvalue weighted by Crippen LogP contribution is -2.64. The van der Waals surface area contributed by atoms with Crippen molar-refractivity contribution < 1.29 is 28.0 Å². The minimum absolute atomic E-state index is 0.00325. The van der Waals surface area contributed by atoms with Crippen molar-refractivity contribution in [1.29, 1.82) is 0 Å². The Hall–Kier alpha value is -3.97. The van der Waals surface area contributed by atoms with E-state index in [-0.39, 0.29) is 23.1 Å². The van der Waals surface area contributed by atoms with Crippen molar-refractivity contribution in [3.63, 3.8) is 0 Å². The number of benzene rings is 2. The summed E-state index contributed by atoms with van der Waals surface area (Å²) in [4.78, 5) is 37.8. The van der Waals surface area contributed by atoms with E-state index in [9.17, 15) is 23.1 Å². The maximum atomic E-state index is 13.2. The van der Waals surface area contributed by atoms with Gasteiger partial charge in [-0.3, -0.25) is 4.79 Å². The predicted molar refractivity (Wildman–Crippen MR) is 146 cm³/mol. The second-order valence-corrected chi connectivity index (χ2v) is 11.3. The van der Waals surface area contributed by atoms with Crippen molar-refractivity contribution in [2.24, 2.45) is 5.16 Å². The quantitative estimate of drug-likeness (QED) is 0.167. The number of rotatable bonds is 12. The number of aromatic nitrogens is 2. The number of hydrogen-bond donors (Lipinski definition) is 5. The lowest BCUT2D eigenvalue weighted by molar-refractivity contribution is -0.146. The van der Waals surface area contributed by atoms with Gasteiger partial charge in [0.1, 0.15) is 11.8 Å². The van der Waals surface area contributed by atoms with Gasteiger partial charge in [0.05, 0.1) is 10.6 Å². The Bertz CT molecular complexity index is 1490. The zero-order valence-electron chi connectivity index (χ0n) is 21.9. The van der Waals surface area contributed by atoms with Crippen LogP contribution in [0.15, 0.2) is 52.5 Å². The van der Waals surface area contributed by atoms with Crippen LogP contribution in [0.3, 0.4) is 0 Å². The average molecular weight is 557 g/mol. The van der Waals surface area contributed by atoms with Crippen LogP contribution in [0.25, 0.3) is 10.8 Å². The molecule has 0 radical (unpaired) electrons. The summed E-state index contributed by atoms with van der Waals surface area (Å²) in [5, 5.41) is 20.2. The van der Waals surface area contributed by atoms with Gasteiger partial charge in [-0.15, -0.1) is 0 Å². The van der Waals surface area contributed by atoms with Crippen LogP contribution in [-0.2, 0) is 24.4 Å². The molecule has 39 heavy (non-hydrogen) atoms. The van der Waals surface area contributed by atoms with E-state index in [0.29, 0.717) is 23.7 Å². The summed E-state index contributed by atoms with van der Waals surface area (Å²) in [5.41, 5.74) is -0.376. The summed E-state index contributed by atoms with van der Waals surface area (Å²) in [5.74, 6) is -1.68. The van der Waals surface area contributed by atoms with Crippen molar-refractivity contribution in [1.82, 2.24) is 20.0 Å². The molecule has 0 aliphatic carbocycles. The number of nitrogens with one attached hydrogen (secondary N) is 4. The standard InChI is InChI=1S/C26H32N6O6S/c1-16-17(2)29-25(28-16)27-14-7-6-11-19-15-21(31-38-19)23(33)30-26(3,24(34)35)32-39(36,37)22-13-8-10-18-9-4-5-12-20(18)22/h4-5,8-10,12-13,19,32H,6-7,11,14-15H2,1-3H3,(H,30,33)(H,34,35)(H2,27,28,29). The van der Waals surface area contributed by atoms with Crippen LogP contribution < -0.4 is 15.4 Å². The van der Waals surface area contributed by atoms with Crippen LogP contribution in [0.1, 0.15) is 44.0 Å². The molecule has 0 fully saturated rings. The Morgan fingerprint density at radius 1 is 1.15 bits per heavy atom. The second kappa shape index (κ2) is 11.4. The van der Waals surface area contributed by atoms with Gasteiger partial charge in [0.2, 0.25) is 21.6 Å². The summed E-state index contributed by atoms with van der Waals surface area (Å²) < 4.78 is 28.6. The molecule has 2 aromatic carbocycles. The number of aryl methyl sites for hydroxylation is 2. The number of amides is 1. The highest BCUT2D eigenvalue weighted by molar-refractivity contribution is 7.89. The van der Waals surface area contributed by atoms with Crippen molar-refractivity contribution in [2.45, 2.75) is 63.1 Å². The monoisotopic (exact) mass is 556 g/mol. The molecule has 5 N–H and O–H groups in total. The molecule has 1 aliphatic rings. The first kappa shape index (κ1) is 28.0. The Balaban J connectivity index is 1.31. The first-order valence-corrected chi connectivity index (χ1v) is 14.0. The lowest BCUT2D eigenvalue weighted by atomic mass is 10.1. The van der Waals surface area contributed by atoms with E-state index in [1.807, 2.05) is 13.8 Å². The lowest BCUT2D eigenvalue weighted by Gasteiger charge is -2.27. The van der Waals surface area contributed by atoms with Crippen molar-refractivity contribution in [3.05, 3.63) is 53.9 Å². The molecular weight excluding hydrogens is 524 g/mol. The van der Waals surface area contributed by atoms with Gasteiger partial charge >= 0.3 is 5.97 Å². The maximum Gasteiger partial charge on any atom is 0.345 e. The maximum absolute atomic E-state index is 13.2. The number of unbranched alkanes of at least 4 members (excludes halogenated alkanes) is 1. The molecule has 0 saturated heterocycles. The fraction of sp³-hybridized carbons (Fsp3) is 0.385. The molecule has 4 rings (SSSR count). The first-order chi connectivity index (χ1) is 18.5. The molecule has 1 aromatic heterocycles. The van der Waals surface area contributed by atoms with Crippen LogP contribution in [0.4, 0.5) is 5.95 Å². The molecule has 12 nitrogen and oxygen atoms in total. The minimum atomic E-state index is -4.34. The highest BCUT2D eigenvalue weighted by atomic mass is 32.2.